The van der Waals surface area contributed by atoms with Gasteiger partial charge in [-0.25, -0.2) is 0 Å². The van der Waals surface area contributed by atoms with Crippen LogP contribution in [0.3, 0.4) is 0 Å². The SMILES string of the molecule is CCc1ccc(OCCCN2CCN(c3ccccc3)CC2)cc1. The average Bonchev–Trinajstić information content (AvgIpc) is 2.67. The molecular weight excluding hydrogens is 296 g/mol. The summed E-state index contributed by atoms with van der Waals surface area (Å²) in [6.45, 7) is 8.60. The van der Waals surface area contributed by atoms with Gasteiger partial charge in [0.05, 0.1) is 6.61 Å². The van der Waals surface area contributed by atoms with E-state index in [9.17, 15) is 0 Å². The van der Waals surface area contributed by atoms with Gasteiger partial charge in [0.25, 0.3) is 0 Å². The Morgan fingerprint density at radius 1 is 0.875 bits per heavy atom. The van der Waals surface area contributed by atoms with E-state index in [4.69, 9.17) is 4.74 Å². The standard InChI is InChI=1S/C21H28N2O/c1-2-19-9-11-21(12-10-19)24-18-6-13-22-14-16-23(17-15-22)20-7-4-3-5-8-20/h3-5,7-12H,2,6,13-18H2,1H3. The maximum absolute atomic E-state index is 5.85. The van der Waals surface area contributed by atoms with E-state index in [1.807, 2.05) is 0 Å². The molecule has 2 aromatic carbocycles. The summed E-state index contributed by atoms with van der Waals surface area (Å²) in [7, 11) is 0. The van der Waals surface area contributed by atoms with Crippen molar-refractivity contribution >= 4 is 5.69 Å². The van der Waals surface area contributed by atoms with Crippen molar-refractivity contribution in [1.82, 2.24) is 4.90 Å². The van der Waals surface area contributed by atoms with E-state index in [0.29, 0.717) is 0 Å². The van der Waals surface area contributed by atoms with Crippen LogP contribution < -0.4 is 9.64 Å². The number of hydrogen-bond acceptors (Lipinski definition) is 3. The zero-order chi connectivity index (χ0) is 16.6. The van der Waals surface area contributed by atoms with Gasteiger partial charge in [0.1, 0.15) is 5.75 Å². The van der Waals surface area contributed by atoms with Crippen LogP contribution >= 0.6 is 0 Å². The van der Waals surface area contributed by atoms with Crippen LogP contribution in [0, 0.1) is 0 Å². The van der Waals surface area contributed by atoms with Gasteiger partial charge in [0.15, 0.2) is 0 Å². The molecule has 1 saturated heterocycles. The molecule has 1 heterocycles. The van der Waals surface area contributed by atoms with E-state index in [1.165, 1.54) is 11.3 Å². The lowest BCUT2D eigenvalue weighted by atomic mass is 10.2. The molecule has 0 N–H and O–H groups in total. The van der Waals surface area contributed by atoms with Crippen molar-refractivity contribution in [2.24, 2.45) is 0 Å². The summed E-state index contributed by atoms with van der Waals surface area (Å²) >= 11 is 0. The molecule has 0 radical (unpaired) electrons. The van der Waals surface area contributed by atoms with Crippen molar-refractivity contribution in [3.05, 3.63) is 60.2 Å². The van der Waals surface area contributed by atoms with Crippen LogP contribution in [-0.4, -0.2) is 44.2 Å². The molecule has 3 rings (SSSR count). The lowest BCUT2D eigenvalue weighted by Crippen LogP contribution is -2.46. The Morgan fingerprint density at radius 3 is 2.25 bits per heavy atom. The second kappa shape index (κ2) is 8.74. The van der Waals surface area contributed by atoms with E-state index < -0.39 is 0 Å². The van der Waals surface area contributed by atoms with E-state index in [-0.39, 0.29) is 0 Å². The molecule has 0 aliphatic carbocycles. The molecule has 0 spiro atoms. The highest BCUT2D eigenvalue weighted by Gasteiger charge is 2.16. The summed E-state index contributed by atoms with van der Waals surface area (Å²) in [6.07, 6.45) is 2.16. The fraction of sp³-hybridized carbons (Fsp3) is 0.429. The number of piperazine rings is 1. The van der Waals surface area contributed by atoms with Crippen molar-refractivity contribution in [3.8, 4) is 5.75 Å². The van der Waals surface area contributed by atoms with Gasteiger partial charge < -0.3 is 9.64 Å². The van der Waals surface area contributed by atoms with Gasteiger partial charge in [-0.2, -0.15) is 0 Å². The molecule has 1 aliphatic rings. The van der Waals surface area contributed by atoms with Gasteiger partial charge in [-0.3, -0.25) is 4.90 Å². The second-order valence-corrected chi connectivity index (χ2v) is 6.36. The summed E-state index contributed by atoms with van der Waals surface area (Å²) < 4.78 is 5.85. The number of ether oxygens (including phenoxy) is 1. The topological polar surface area (TPSA) is 15.7 Å². The Labute approximate surface area is 145 Å². The van der Waals surface area contributed by atoms with Gasteiger partial charge in [-0.15, -0.1) is 0 Å². The molecule has 2 aromatic rings. The number of aryl methyl sites for hydroxylation is 1. The van der Waals surface area contributed by atoms with Crippen molar-refractivity contribution in [3.63, 3.8) is 0 Å². The Kier molecular flexibility index (Phi) is 6.13. The highest BCUT2D eigenvalue weighted by molar-refractivity contribution is 5.46. The fourth-order valence-corrected chi connectivity index (χ4v) is 3.17. The highest BCUT2D eigenvalue weighted by atomic mass is 16.5. The third-order valence-corrected chi connectivity index (χ3v) is 4.71. The molecule has 0 amide bonds. The predicted octanol–water partition coefficient (Wildman–Crippen LogP) is 3.84. The van der Waals surface area contributed by atoms with Crippen LogP contribution in [0.25, 0.3) is 0 Å². The maximum Gasteiger partial charge on any atom is 0.119 e. The molecule has 0 bridgehead atoms. The summed E-state index contributed by atoms with van der Waals surface area (Å²) in [4.78, 5) is 5.02. The normalized spacial score (nSPS) is 15.5. The molecule has 1 aliphatic heterocycles. The molecule has 3 heteroatoms. The molecule has 1 fully saturated rings. The van der Waals surface area contributed by atoms with Crippen LogP contribution in [0.2, 0.25) is 0 Å². The van der Waals surface area contributed by atoms with Gasteiger partial charge in [-0.05, 0) is 42.7 Å². The van der Waals surface area contributed by atoms with Crippen LogP contribution in [0.1, 0.15) is 18.9 Å². The van der Waals surface area contributed by atoms with Crippen molar-refractivity contribution in [2.45, 2.75) is 19.8 Å². The third-order valence-electron chi connectivity index (χ3n) is 4.71. The first-order valence-electron chi connectivity index (χ1n) is 9.09. The quantitative estimate of drug-likeness (QED) is 0.720. The Balaban J connectivity index is 1.33. The lowest BCUT2D eigenvalue weighted by molar-refractivity contribution is 0.224. The number of benzene rings is 2. The molecule has 128 valence electrons. The molecule has 0 atom stereocenters. The van der Waals surface area contributed by atoms with Crippen molar-refractivity contribution < 1.29 is 4.74 Å². The Morgan fingerprint density at radius 2 is 1.58 bits per heavy atom. The van der Waals surface area contributed by atoms with Gasteiger partial charge in [-0.1, -0.05) is 37.3 Å². The van der Waals surface area contributed by atoms with Gasteiger partial charge in [0, 0.05) is 38.4 Å². The Bertz CT molecular complexity index is 589. The number of anilines is 1. The first kappa shape index (κ1) is 16.8. The molecular formula is C21H28N2O. The van der Waals surface area contributed by atoms with E-state index in [2.05, 4.69) is 71.3 Å². The summed E-state index contributed by atoms with van der Waals surface area (Å²) in [5.41, 5.74) is 2.70. The maximum atomic E-state index is 5.85. The Hall–Kier alpha value is -2.00. The van der Waals surface area contributed by atoms with Crippen LogP contribution in [0.15, 0.2) is 54.6 Å². The van der Waals surface area contributed by atoms with E-state index in [0.717, 1.165) is 57.9 Å². The zero-order valence-corrected chi connectivity index (χ0v) is 14.7. The predicted molar refractivity (Wildman–Crippen MR) is 101 cm³/mol. The van der Waals surface area contributed by atoms with Crippen molar-refractivity contribution in [2.75, 3.05) is 44.2 Å². The summed E-state index contributed by atoms with van der Waals surface area (Å²) in [5.74, 6) is 0.987. The molecule has 3 nitrogen and oxygen atoms in total. The number of rotatable bonds is 7. The van der Waals surface area contributed by atoms with Crippen LogP contribution in [-0.2, 0) is 6.42 Å². The zero-order valence-electron chi connectivity index (χ0n) is 14.7. The van der Waals surface area contributed by atoms with Crippen LogP contribution in [0.4, 0.5) is 5.69 Å². The summed E-state index contributed by atoms with van der Waals surface area (Å²) in [5, 5.41) is 0. The minimum absolute atomic E-state index is 0.796. The second-order valence-electron chi connectivity index (χ2n) is 6.36. The average molecular weight is 324 g/mol. The smallest absolute Gasteiger partial charge is 0.119 e. The van der Waals surface area contributed by atoms with E-state index >= 15 is 0 Å². The van der Waals surface area contributed by atoms with Crippen molar-refractivity contribution in [1.29, 1.82) is 0 Å². The first-order valence-corrected chi connectivity index (χ1v) is 9.09. The lowest BCUT2D eigenvalue weighted by Gasteiger charge is -2.36. The molecule has 0 saturated carbocycles. The minimum Gasteiger partial charge on any atom is -0.494 e. The van der Waals surface area contributed by atoms with E-state index in [1.54, 1.807) is 0 Å². The number of hydrogen-bond donors (Lipinski definition) is 0. The van der Waals surface area contributed by atoms with Crippen LogP contribution in [0.5, 0.6) is 5.75 Å². The fourth-order valence-electron chi connectivity index (χ4n) is 3.17. The number of nitrogens with zero attached hydrogens (tertiary/aromatic N) is 2. The first-order chi connectivity index (χ1) is 11.8. The number of para-hydroxylation sites is 1. The molecule has 0 unspecified atom stereocenters. The summed E-state index contributed by atoms with van der Waals surface area (Å²) in [6, 6.07) is 19.2. The monoisotopic (exact) mass is 324 g/mol. The highest BCUT2D eigenvalue weighted by Crippen LogP contribution is 2.16. The van der Waals surface area contributed by atoms with Gasteiger partial charge >= 0.3 is 0 Å². The largest absolute Gasteiger partial charge is 0.494 e. The molecule has 24 heavy (non-hydrogen) atoms. The minimum atomic E-state index is 0.796. The third kappa shape index (κ3) is 4.75. The van der Waals surface area contributed by atoms with Gasteiger partial charge in [0.2, 0.25) is 0 Å². The molecule has 0 aromatic heterocycles.